The topological polar surface area (TPSA) is 29.5 Å². The van der Waals surface area contributed by atoms with Gasteiger partial charge in [-0.15, -0.1) is 11.8 Å². The summed E-state index contributed by atoms with van der Waals surface area (Å²) < 4.78 is 5.26. The largest absolute Gasteiger partial charge is 0.414 e. The molecule has 0 spiro atoms. The molecule has 0 fully saturated rings. The van der Waals surface area contributed by atoms with Crippen LogP contribution in [0.25, 0.3) is 0 Å². The maximum absolute atomic E-state index is 11.4. The molecule has 0 radical (unpaired) electrons. The normalized spacial score (nSPS) is 10.1. The molecule has 0 aliphatic rings. The summed E-state index contributed by atoms with van der Waals surface area (Å²) in [6.45, 7) is 3.95. The van der Waals surface area contributed by atoms with Crippen LogP contribution < -0.4 is 4.74 Å². The molecule has 0 heterocycles. The number of ether oxygens (including phenoxy) is 1. The molecule has 0 unspecified atom stereocenters. The van der Waals surface area contributed by atoms with Crippen LogP contribution >= 0.6 is 11.8 Å². The zero-order chi connectivity index (χ0) is 12.3. The smallest absolute Gasteiger partial charge is 0.410 e. The molecule has 0 atom stereocenters. The molecule has 3 nitrogen and oxygen atoms in total. The van der Waals surface area contributed by atoms with Crippen LogP contribution in [0.2, 0.25) is 0 Å². The fraction of sp³-hybridized carbons (Fsp3) is 0.417. The van der Waals surface area contributed by atoms with E-state index in [0.717, 1.165) is 11.1 Å². The van der Waals surface area contributed by atoms with E-state index < -0.39 is 0 Å². The van der Waals surface area contributed by atoms with Crippen LogP contribution in [0.3, 0.4) is 0 Å². The first-order chi connectivity index (χ1) is 7.45. The van der Waals surface area contributed by atoms with Crippen molar-refractivity contribution >= 4 is 17.9 Å². The highest BCUT2D eigenvalue weighted by molar-refractivity contribution is 7.98. The lowest BCUT2D eigenvalue weighted by atomic mass is 10.1. The Bertz CT molecular complexity index is 402. The monoisotopic (exact) mass is 239 g/mol. The molecule has 1 aromatic rings. The van der Waals surface area contributed by atoms with Crippen molar-refractivity contribution in [2.75, 3.05) is 20.4 Å². The van der Waals surface area contributed by atoms with E-state index in [-0.39, 0.29) is 6.09 Å². The highest BCUT2D eigenvalue weighted by atomic mass is 32.2. The average molecular weight is 239 g/mol. The van der Waals surface area contributed by atoms with Crippen molar-refractivity contribution in [3.8, 4) is 5.75 Å². The van der Waals surface area contributed by atoms with E-state index in [0.29, 0.717) is 5.75 Å². The Kier molecular flexibility index (Phi) is 4.24. The Morgan fingerprint density at radius 2 is 1.88 bits per heavy atom. The van der Waals surface area contributed by atoms with Gasteiger partial charge < -0.3 is 9.64 Å². The number of amides is 1. The minimum atomic E-state index is -0.348. The van der Waals surface area contributed by atoms with E-state index in [9.17, 15) is 4.79 Å². The van der Waals surface area contributed by atoms with E-state index in [4.69, 9.17) is 4.74 Å². The van der Waals surface area contributed by atoms with Crippen LogP contribution in [0.5, 0.6) is 5.75 Å². The summed E-state index contributed by atoms with van der Waals surface area (Å²) in [7, 11) is 3.33. The van der Waals surface area contributed by atoms with Gasteiger partial charge in [0.15, 0.2) is 0 Å². The summed E-state index contributed by atoms with van der Waals surface area (Å²) in [5.74, 6) is 0.633. The quantitative estimate of drug-likeness (QED) is 0.743. The molecule has 0 bridgehead atoms. The first kappa shape index (κ1) is 12.9. The van der Waals surface area contributed by atoms with Gasteiger partial charge >= 0.3 is 6.09 Å². The van der Waals surface area contributed by atoms with Gasteiger partial charge in [-0.3, -0.25) is 0 Å². The summed E-state index contributed by atoms with van der Waals surface area (Å²) in [4.78, 5) is 14.1. The maximum Gasteiger partial charge on any atom is 0.414 e. The molecule has 1 rings (SSSR count). The van der Waals surface area contributed by atoms with Gasteiger partial charge in [0.2, 0.25) is 0 Å². The number of aryl methyl sites for hydroxylation is 2. The molecular formula is C12H17NO2S. The Morgan fingerprint density at radius 1 is 1.25 bits per heavy atom. The van der Waals surface area contributed by atoms with E-state index >= 15 is 0 Å². The van der Waals surface area contributed by atoms with Gasteiger partial charge in [0.1, 0.15) is 5.75 Å². The van der Waals surface area contributed by atoms with Gasteiger partial charge in [0.05, 0.1) is 0 Å². The molecule has 1 amide bonds. The number of thioether (sulfide) groups is 1. The summed E-state index contributed by atoms with van der Waals surface area (Å²) in [5.41, 5.74) is 2.10. The second kappa shape index (κ2) is 5.25. The standard InChI is InChI=1S/C12H17NO2S/c1-8-7-11(16-5)9(2)6-10(8)15-12(14)13(3)4/h6-7H,1-5H3. The third kappa shape index (κ3) is 2.92. The number of rotatable bonds is 2. The van der Waals surface area contributed by atoms with Crippen molar-refractivity contribution in [2.45, 2.75) is 18.7 Å². The Hall–Kier alpha value is -1.16. The summed E-state index contributed by atoms with van der Waals surface area (Å²) in [6, 6.07) is 3.95. The molecule has 0 aliphatic heterocycles. The van der Waals surface area contributed by atoms with Gasteiger partial charge in [-0.1, -0.05) is 0 Å². The van der Waals surface area contributed by atoms with Crippen LogP contribution in [0.15, 0.2) is 17.0 Å². The zero-order valence-electron chi connectivity index (χ0n) is 10.3. The van der Waals surface area contributed by atoms with Crippen molar-refractivity contribution in [1.29, 1.82) is 0 Å². The second-order valence-corrected chi connectivity index (χ2v) is 4.70. The molecule has 88 valence electrons. The molecule has 4 heteroatoms. The van der Waals surface area contributed by atoms with Crippen molar-refractivity contribution < 1.29 is 9.53 Å². The first-order valence-electron chi connectivity index (χ1n) is 5.00. The SMILES string of the molecule is CSc1cc(C)c(OC(=O)N(C)C)cc1C. The summed E-state index contributed by atoms with van der Waals surface area (Å²) in [5, 5.41) is 0. The number of nitrogens with zero attached hydrogens (tertiary/aromatic N) is 1. The molecule has 0 aromatic heterocycles. The molecule has 0 saturated carbocycles. The highest BCUT2D eigenvalue weighted by Crippen LogP contribution is 2.28. The lowest BCUT2D eigenvalue weighted by Crippen LogP contribution is -2.25. The molecule has 0 saturated heterocycles. The van der Waals surface area contributed by atoms with E-state index in [1.807, 2.05) is 32.2 Å². The summed E-state index contributed by atoms with van der Waals surface area (Å²) >= 11 is 1.69. The summed E-state index contributed by atoms with van der Waals surface area (Å²) in [6.07, 6.45) is 1.69. The minimum Gasteiger partial charge on any atom is -0.410 e. The van der Waals surface area contributed by atoms with Crippen molar-refractivity contribution in [2.24, 2.45) is 0 Å². The van der Waals surface area contributed by atoms with Crippen LogP contribution in [0, 0.1) is 13.8 Å². The molecule has 0 aliphatic carbocycles. The van der Waals surface area contributed by atoms with Crippen molar-refractivity contribution in [1.82, 2.24) is 4.90 Å². The molecule has 0 N–H and O–H groups in total. The second-order valence-electron chi connectivity index (χ2n) is 3.85. The highest BCUT2D eigenvalue weighted by Gasteiger charge is 2.10. The van der Waals surface area contributed by atoms with Crippen LogP contribution in [0.4, 0.5) is 4.79 Å². The van der Waals surface area contributed by atoms with Crippen LogP contribution in [-0.2, 0) is 0 Å². The maximum atomic E-state index is 11.4. The lowest BCUT2D eigenvalue weighted by Gasteiger charge is -2.14. The number of hydrogen-bond donors (Lipinski definition) is 0. The Morgan fingerprint density at radius 3 is 2.38 bits per heavy atom. The third-order valence-corrected chi connectivity index (χ3v) is 3.13. The number of carbonyl (C=O) groups is 1. The predicted octanol–water partition coefficient (Wildman–Crippen LogP) is 3.09. The first-order valence-corrected chi connectivity index (χ1v) is 6.22. The van der Waals surface area contributed by atoms with E-state index in [1.54, 1.807) is 25.9 Å². The van der Waals surface area contributed by atoms with Gasteiger partial charge in [-0.05, 0) is 43.4 Å². The average Bonchev–Trinajstić information content (AvgIpc) is 2.22. The number of hydrogen-bond acceptors (Lipinski definition) is 3. The van der Waals surface area contributed by atoms with Crippen molar-refractivity contribution in [3.05, 3.63) is 23.3 Å². The van der Waals surface area contributed by atoms with Gasteiger partial charge in [0.25, 0.3) is 0 Å². The van der Waals surface area contributed by atoms with Gasteiger partial charge in [0, 0.05) is 19.0 Å². The number of benzene rings is 1. The lowest BCUT2D eigenvalue weighted by molar-refractivity contribution is 0.171. The molecule has 1 aromatic carbocycles. The third-order valence-electron chi connectivity index (χ3n) is 2.25. The fourth-order valence-electron chi connectivity index (χ4n) is 1.28. The minimum absolute atomic E-state index is 0.348. The molecule has 16 heavy (non-hydrogen) atoms. The van der Waals surface area contributed by atoms with E-state index in [2.05, 4.69) is 0 Å². The fourth-order valence-corrected chi connectivity index (χ4v) is 1.95. The zero-order valence-corrected chi connectivity index (χ0v) is 11.1. The Balaban J connectivity index is 2.98. The number of carbonyl (C=O) groups excluding carboxylic acids is 1. The predicted molar refractivity (Wildman–Crippen MR) is 67.4 cm³/mol. The van der Waals surface area contributed by atoms with E-state index in [1.165, 1.54) is 9.80 Å². The van der Waals surface area contributed by atoms with Gasteiger partial charge in [-0.2, -0.15) is 0 Å². The van der Waals surface area contributed by atoms with Crippen molar-refractivity contribution in [3.63, 3.8) is 0 Å². The van der Waals surface area contributed by atoms with Gasteiger partial charge in [-0.25, -0.2) is 4.79 Å². The Labute approximate surface area is 101 Å². The molecular weight excluding hydrogens is 222 g/mol. The van der Waals surface area contributed by atoms with Crippen LogP contribution in [0.1, 0.15) is 11.1 Å². The van der Waals surface area contributed by atoms with Crippen LogP contribution in [-0.4, -0.2) is 31.3 Å².